The van der Waals surface area contributed by atoms with E-state index in [-0.39, 0.29) is 18.3 Å². The van der Waals surface area contributed by atoms with E-state index >= 15 is 0 Å². The molecule has 25 heavy (non-hydrogen) atoms. The molecule has 0 spiro atoms. The minimum Gasteiger partial charge on any atom is -0.337 e. The maximum Gasteiger partial charge on any atom is 0.253 e. The highest BCUT2D eigenvalue weighted by atomic mass is 35.5. The van der Waals surface area contributed by atoms with Crippen molar-refractivity contribution >= 4 is 18.3 Å². The Morgan fingerprint density at radius 2 is 2.04 bits per heavy atom. The smallest absolute Gasteiger partial charge is 0.253 e. The van der Waals surface area contributed by atoms with Crippen molar-refractivity contribution in [2.75, 3.05) is 39.3 Å². The molecule has 7 nitrogen and oxygen atoms in total. The summed E-state index contributed by atoms with van der Waals surface area (Å²) in [7, 11) is 0. The first-order valence-corrected chi connectivity index (χ1v) is 8.51. The SMILES string of the molecule is Cl.O=C(c1cccc(-c2ncn[nH]2)c1)N1CCC(N2CCNCC2)C1. The molecule has 2 aliphatic rings. The van der Waals surface area contributed by atoms with Crippen LogP contribution in [0.15, 0.2) is 30.6 Å². The number of nitrogens with one attached hydrogen (secondary N) is 2. The van der Waals surface area contributed by atoms with Crippen LogP contribution >= 0.6 is 12.4 Å². The number of carbonyl (C=O) groups is 1. The fraction of sp³-hybridized carbons (Fsp3) is 0.471. The summed E-state index contributed by atoms with van der Waals surface area (Å²) in [6.07, 6.45) is 2.54. The second-order valence-electron chi connectivity index (χ2n) is 6.39. The monoisotopic (exact) mass is 362 g/mol. The summed E-state index contributed by atoms with van der Waals surface area (Å²) in [4.78, 5) is 21.5. The van der Waals surface area contributed by atoms with Crippen LogP contribution < -0.4 is 5.32 Å². The number of amides is 1. The maximum atomic E-state index is 12.8. The molecule has 4 rings (SSSR count). The van der Waals surface area contributed by atoms with Gasteiger partial charge in [0.2, 0.25) is 0 Å². The van der Waals surface area contributed by atoms with Crippen molar-refractivity contribution < 1.29 is 4.79 Å². The first-order valence-electron chi connectivity index (χ1n) is 8.51. The molecule has 1 amide bonds. The Hall–Kier alpha value is -1.96. The van der Waals surface area contributed by atoms with E-state index in [1.807, 2.05) is 29.2 Å². The third-order valence-corrected chi connectivity index (χ3v) is 4.92. The molecule has 2 aromatic rings. The molecule has 1 aromatic heterocycles. The van der Waals surface area contributed by atoms with Gasteiger partial charge in [0.25, 0.3) is 5.91 Å². The van der Waals surface area contributed by atoms with Gasteiger partial charge in [0.15, 0.2) is 5.82 Å². The quantitative estimate of drug-likeness (QED) is 0.852. The van der Waals surface area contributed by atoms with Crippen LogP contribution in [-0.2, 0) is 0 Å². The van der Waals surface area contributed by atoms with Gasteiger partial charge in [-0.05, 0) is 18.6 Å². The summed E-state index contributed by atoms with van der Waals surface area (Å²) >= 11 is 0. The lowest BCUT2D eigenvalue weighted by molar-refractivity contribution is 0.0773. The Morgan fingerprint density at radius 1 is 1.20 bits per heavy atom. The van der Waals surface area contributed by atoms with E-state index in [4.69, 9.17) is 0 Å². The van der Waals surface area contributed by atoms with Crippen molar-refractivity contribution in [3.8, 4) is 11.4 Å². The number of carbonyl (C=O) groups excluding carboxylic acids is 1. The predicted molar refractivity (Wildman–Crippen MR) is 97.8 cm³/mol. The number of nitrogens with zero attached hydrogens (tertiary/aromatic N) is 4. The fourth-order valence-electron chi connectivity index (χ4n) is 3.60. The minimum absolute atomic E-state index is 0. The van der Waals surface area contributed by atoms with E-state index < -0.39 is 0 Å². The molecule has 2 aliphatic heterocycles. The Labute approximate surface area is 153 Å². The number of rotatable bonds is 3. The highest BCUT2D eigenvalue weighted by molar-refractivity contribution is 5.95. The number of halogens is 1. The third-order valence-electron chi connectivity index (χ3n) is 4.92. The van der Waals surface area contributed by atoms with E-state index in [1.54, 1.807) is 0 Å². The van der Waals surface area contributed by atoms with Crippen molar-refractivity contribution in [3.05, 3.63) is 36.2 Å². The Balaban J connectivity index is 0.00000182. The van der Waals surface area contributed by atoms with Gasteiger partial charge < -0.3 is 10.2 Å². The average Bonchev–Trinajstić information content (AvgIpc) is 3.34. The topological polar surface area (TPSA) is 77.2 Å². The Morgan fingerprint density at radius 3 is 2.80 bits per heavy atom. The van der Waals surface area contributed by atoms with Crippen molar-refractivity contribution in [3.63, 3.8) is 0 Å². The summed E-state index contributed by atoms with van der Waals surface area (Å²) in [5.41, 5.74) is 1.60. The molecular formula is C17H23ClN6O. The zero-order valence-corrected chi connectivity index (χ0v) is 14.8. The summed E-state index contributed by atoms with van der Waals surface area (Å²) in [6.45, 7) is 5.90. The number of benzene rings is 1. The summed E-state index contributed by atoms with van der Waals surface area (Å²) in [5, 5.41) is 10.1. The first-order chi connectivity index (χ1) is 11.8. The zero-order valence-electron chi connectivity index (χ0n) is 14.0. The zero-order chi connectivity index (χ0) is 16.4. The van der Waals surface area contributed by atoms with Crippen LogP contribution in [0.1, 0.15) is 16.8 Å². The van der Waals surface area contributed by atoms with Crippen LogP contribution in [0, 0.1) is 0 Å². The molecule has 1 atom stereocenters. The molecule has 2 saturated heterocycles. The lowest BCUT2D eigenvalue weighted by atomic mass is 10.1. The number of likely N-dealkylation sites (tertiary alicyclic amines) is 1. The highest BCUT2D eigenvalue weighted by Crippen LogP contribution is 2.21. The number of aromatic amines is 1. The molecule has 0 aliphatic carbocycles. The number of H-pyrrole nitrogens is 1. The molecule has 1 aromatic carbocycles. The summed E-state index contributed by atoms with van der Waals surface area (Å²) in [5.74, 6) is 0.791. The molecule has 2 fully saturated rings. The minimum atomic E-state index is 0. The largest absolute Gasteiger partial charge is 0.337 e. The molecule has 2 N–H and O–H groups in total. The second kappa shape index (κ2) is 7.95. The van der Waals surface area contributed by atoms with Crippen molar-refractivity contribution in [2.24, 2.45) is 0 Å². The lowest BCUT2D eigenvalue weighted by Gasteiger charge is -2.32. The van der Waals surface area contributed by atoms with Crippen molar-refractivity contribution in [1.82, 2.24) is 30.3 Å². The van der Waals surface area contributed by atoms with Gasteiger partial charge in [-0.2, -0.15) is 5.10 Å². The van der Waals surface area contributed by atoms with Crippen LogP contribution in [0.2, 0.25) is 0 Å². The Kier molecular flexibility index (Phi) is 5.67. The van der Waals surface area contributed by atoms with Gasteiger partial charge in [-0.1, -0.05) is 12.1 Å². The molecule has 0 bridgehead atoms. The van der Waals surface area contributed by atoms with E-state index in [2.05, 4.69) is 25.4 Å². The van der Waals surface area contributed by atoms with Gasteiger partial charge in [0, 0.05) is 56.4 Å². The van der Waals surface area contributed by atoms with E-state index in [0.29, 0.717) is 17.4 Å². The normalized spacial score (nSPS) is 21.1. The molecular weight excluding hydrogens is 340 g/mol. The predicted octanol–water partition coefficient (Wildman–Crippen LogP) is 1.01. The second-order valence-corrected chi connectivity index (χ2v) is 6.39. The lowest BCUT2D eigenvalue weighted by Crippen LogP contribution is -2.49. The molecule has 0 radical (unpaired) electrons. The molecule has 1 unspecified atom stereocenters. The van der Waals surface area contributed by atoms with Crippen molar-refractivity contribution in [2.45, 2.75) is 12.5 Å². The van der Waals surface area contributed by atoms with Crippen LogP contribution in [0.4, 0.5) is 0 Å². The number of hydrogen-bond donors (Lipinski definition) is 2. The number of hydrogen-bond acceptors (Lipinski definition) is 5. The van der Waals surface area contributed by atoms with E-state index in [0.717, 1.165) is 51.3 Å². The Bertz CT molecular complexity index is 701. The fourth-order valence-corrected chi connectivity index (χ4v) is 3.60. The van der Waals surface area contributed by atoms with Crippen LogP contribution in [-0.4, -0.2) is 76.2 Å². The maximum absolute atomic E-state index is 12.8. The standard InChI is InChI=1S/C17H22N6O.ClH/c24-17(14-3-1-2-13(10-14)16-19-12-20-21-16)23-7-4-15(11-23)22-8-5-18-6-9-22;/h1-3,10,12,15,18H,4-9,11H2,(H,19,20,21);1H. The van der Waals surface area contributed by atoms with Crippen LogP contribution in [0.5, 0.6) is 0 Å². The first kappa shape index (κ1) is 17.8. The van der Waals surface area contributed by atoms with Gasteiger partial charge in [0.1, 0.15) is 6.33 Å². The van der Waals surface area contributed by atoms with Crippen LogP contribution in [0.25, 0.3) is 11.4 Å². The number of piperazine rings is 1. The molecule has 0 saturated carbocycles. The number of aromatic nitrogens is 3. The third kappa shape index (κ3) is 3.84. The van der Waals surface area contributed by atoms with Gasteiger partial charge in [-0.25, -0.2) is 4.98 Å². The van der Waals surface area contributed by atoms with E-state index in [9.17, 15) is 4.79 Å². The molecule has 8 heteroatoms. The average molecular weight is 363 g/mol. The molecule has 134 valence electrons. The van der Waals surface area contributed by atoms with Crippen LogP contribution in [0.3, 0.4) is 0 Å². The highest BCUT2D eigenvalue weighted by Gasteiger charge is 2.31. The summed E-state index contributed by atoms with van der Waals surface area (Å²) < 4.78 is 0. The molecule has 3 heterocycles. The van der Waals surface area contributed by atoms with E-state index in [1.165, 1.54) is 6.33 Å². The van der Waals surface area contributed by atoms with Gasteiger partial charge >= 0.3 is 0 Å². The van der Waals surface area contributed by atoms with Crippen molar-refractivity contribution in [1.29, 1.82) is 0 Å². The van der Waals surface area contributed by atoms with Gasteiger partial charge in [-0.3, -0.25) is 14.8 Å². The summed E-state index contributed by atoms with van der Waals surface area (Å²) in [6, 6.07) is 8.09. The van der Waals surface area contributed by atoms with Gasteiger partial charge in [0.05, 0.1) is 0 Å². The van der Waals surface area contributed by atoms with Gasteiger partial charge in [-0.15, -0.1) is 12.4 Å².